The second-order valence-corrected chi connectivity index (χ2v) is 4.91. The van der Waals surface area contributed by atoms with Crippen molar-refractivity contribution in [1.82, 2.24) is 9.88 Å². The predicted molar refractivity (Wildman–Crippen MR) is 81.0 cm³/mol. The minimum Gasteiger partial charge on any atom is -0.359 e. The lowest BCUT2D eigenvalue weighted by atomic mass is 10.1. The number of hydrogen-bond donors (Lipinski definition) is 1. The van der Waals surface area contributed by atoms with E-state index in [-0.39, 0.29) is 11.7 Å². The zero-order chi connectivity index (χ0) is 14.8. The maximum atomic E-state index is 13.0. The molecule has 0 fully saturated rings. The van der Waals surface area contributed by atoms with Gasteiger partial charge in [0.05, 0.1) is 11.9 Å². The first-order chi connectivity index (χ1) is 10.2. The van der Waals surface area contributed by atoms with Crippen molar-refractivity contribution >= 4 is 16.8 Å². The number of fused-ring (bicyclic) bond motifs is 1. The second-order valence-electron chi connectivity index (χ2n) is 4.91. The normalized spacial score (nSPS) is 10.8. The largest absolute Gasteiger partial charge is 0.359 e. The van der Waals surface area contributed by atoms with Gasteiger partial charge in [0, 0.05) is 24.3 Å². The Morgan fingerprint density at radius 2 is 1.90 bits per heavy atom. The Labute approximate surface area is 122 Å². The van der Waals surface area contributed by atoms with Crippen LogP contribution in [0.4, 0.5) is 4.39 Å². The number of hydrogen-bond acceptors (Lipinski definition) is 1. The summed E-state index contributed by atoms with van der Waals surface area (Å²) in [6.45, 7) is 0. The first-order valence-electron chi connectivity index (χ1n) is 6.74. The molecule has 1 heterocycles. The smallest absolute Gasteiger partial charge is 0.224 e. The number of aromatic nitrogens is 1. The lowest BCUT2D eigenvalue weighted by Gasteiger charge is -2.06. The van der Waals surface area contributed by atoms with Gasteiger partial charge in [-0.2, -0.15) is 0 Å². The number of halogens is 1. The lowest BCUT2D eigenvalue weighted by molar-refractivity contribution is -0.119. The maximum Gasteiger partial charge on any atom is 0.224 e. The van der Waals surface area contributed by atoms with Gasteiger partial charge >= 0.3 is 0 Å². The minimum absolute atomic E-state index is 0.00711. The van der Waals surface area contributed by atoms with Crippen LogP contribution in [0.25, 0.3) is 16.6 Å². The first kappa shape index (κ1) is 13.4. The molecule has 1 amide bonds. The summed E-state index contributed by atoms with van der Waals surface area (Å²) in [6.07, 6.45) is 2.32. The van der Waals surface area contributed by atoms with E-state index in [1.54, 1.807) is 19.2 Å². The van der Waals surface area contributed by atoms with E-state index in [4.69, 9.17) is 0 Å². The molecule has 0 spiro atoms. The molecule has 0 saturated carbocycles. The van der Waals surface area contributed by atoms with Gasteiger partial charge in [0.1, 0.15) is 5.82 Å². The SMILES string of the molecule is CNC(=O)Cc1ccc2c(ccn2-c2ccc(F)cc2)c1. The number of rotatable bonds is 3. The van der Waals surface area contributed by atoms with Gasteiger partial charge in [-0.25, -0.2) is 4.39 Å². The molecule has 1 aromatic heterocycles. The van der Waals surface area contributed by atoms with Crippen LogP contribution in [0.15, 0.2) is 54.7 Å². The van der Waals surface area contributed by atoms with Gasteiger partial charge in [-0.05, 0) is 48.0 Å². The fourth-order valence-electron chi connectivity index (χ4n) is 2.40. The summed E-state index contributed by atoms with van der Waals surface area (Å²) in [6, 6.07) is 14.3. The van der Waals surface area contributed by atoms with Crippen LogP contribution in [0.1, 0.15) is 5.56 Å². The number of carbonyl (C=O) groups excluding carboxylic acids is 1. The van der Waals surface area contributed by atoms with Crippen molar-refractivity contribution in [3.63, 3.8) is 0 Å². The standard InChI is InChI=1S/C17H15FN2O/c1-19-17(21)11-12-2-7-16-13(10-12)8-9-20(16)15-5-3-14(18)4-6-15/h2-10H,11H2,1H3,(H,19,21). The quantitative estimate of drug-likeness (QED) is 0.787. The van der Waals surface area contributed by atoms with Crippen molar-refractivity contribution in [2.24, 2.45) is 0 Å². The first-order valence-corrected chi connectivity index (χ1v) is 6.74. The summed E-state index contributed by atoms with van der Waals surface area (Å²) in [5.41, 5.74) is 2.91. The van der Waals surface area contributed by atoms with Crippen molar-refractivity contribution in [3.05, 3.63) is 66.1 Å². The van der Waals surface area contributed by atoms with Gasteiger partial charge in [-0.3, -0.25) is 4.79 Å². The van der Waals surface area contributed by atoms with Gasteiger partial charge in [-0.15, -0.1) is 0 Å². The van der Waals surface area contributed by atoms with Crippen LogP contribution < -0.4 is 5.32 Å². The molecule has 1 N–H and O–H groups in total. The highest BCUT2D eigenvalue weighted by Gasteiger charge is 2.06. The molecule has 0 aliphatic heterocycles. The summed E-state index contributed by atoms with van der Waals surface area (Å²) < 4.78 is 15.0. The molecule has 2 aromatic carbocycles. The summed E-state index contributed by atoms with van der Waals surface area (Å²) in [7, 11) is 1.63. The Kier molecular flexibility index (Phi) is 3.44. The number of likely N-dealkylation sites (N-methyl/N-ethyl adjacent to an activating group) is 1. The highest BCUT2D eigenvalue weighted by molar-refractivity contribution is 5.85. The highest BCUT2D eigenvalue weighted by atomic mass is 19.1. The zero-order valence-corrected chi connectivity index (χ0v) is 11.6. The fourth-order valence-corrected chi connectivity index (χ4v) is 2.40. The van der Waals surface area contributed by atoms with E-state index in [1.165, 1.54) is 12.1 Å². The van der Waals surface area contributed by atoms with Crippen molar-refractivity contribution in [2.45, 2.75) is 6.42 Å². The molecule has 3 nitrogen and oxygen atoms in total. The van der Waals surface area contributed by atoms with Crippen molar-refractivity contribution < 1.29 is 9.18 Å². The highest BCUT2D eigenvalue weighted by Crippen LogP contribution is 2.22. The molecule has 0 bridgehead atoms. The molecule has 3 rings (SSSR count). The third-order valence-electron chi connectivity index (χ3n) is 3.50. The van der Waals surface area contributed by atoms with E-state index < -0.39 is 0 Å². The molecule has 4 heteroatoms. The molecule has 0 unspecified atom stereocenters. The monoisotopic (exact) mass is 282 g/mol. The second kappa shape index (κ2) is 5.40. The molecule has 0 atom stereocenters. The van der Waals surface area contributed by atoms with Gasteiger partial charge in [0.15, 0.2) is 0 Å². The lowest BCUT2D eigenvalue weighted by Crippen LogP contribution is -2.19. The van der Waals surface area contributed by atoms with E-state index in [1.807, 2.05) is 35.0 Å². The van der Waals surface area contributed by atoms with Gasteiger partial charge in [0.25, 0.3) is 0 Å². The van der Waals surface area contributed by atoms with Crippen molar-refractivity contribution in [2.75, 3.05) is 7.05 Å². The summed E-state index contributed by atoms with van der Waals surface area (Å²) in [5.74, 6) is -0.254. The molecular weight excluding hydrogens is 267 g/mol. The minimum atomic E-state index is -0.247. The van der Waals surface area contributed by atoms with E-state index in [2.05, 4.69) is 5.32 Å². The van der Waals surface area contributed by atoms with Crippen LogP contribution in [0.2, 0.25) is 0 Å². The Hall–Kier alpha value is -2.62. The fraction of sp³-hybridized carbons (Fsp3) is 0.118. The summed E-state index contributed by atoms with van der Waals surface area (Å²) >= 11 is 0. The predicted octanol–water partition coefficient (Wildman–Crippen LogP) is 3.06. The van der Waals surface area contributed by atoms with Crippen LogP contribution >= 0.6 is 0 Å². The topological polar surface area (TPSA) is 34.0 Å². The molecule has 21 heavy (non-hydrogen) atoms. The molecule has 106 valence electrons. The summed E-state index contributed by atoms with van der Waals surface area (Å²) in [5, 5.41) is 3.67. The van der Waals surface area contributed by atoms with E-state index in [9.17, 15) is 9.18 Å². The number of amides is 1. The van der Waals surface area contributed by atoms with Crippen LogP contribution in [0.5, 0.6) is 0 Å². The maximum absolute atomic E-state index is 13.0. The van der Waals surface area contributed by atoms with Crippen LogP contribution in [-0.4, -0.2) is 17.5 Å². The van der Waals surface area contributed by atoms with Crippen LogP contribution in [0.3, 0.4) is 0 Å². The Bertz CT molecular complexity index is 790. The number of nitrogens with one attached hydrogen (secondary N) is 1. The van der Waals surface area contributed by atoms with Crippen LogP contribution in [0, 0.1) is 5.82 Å². The molecular formula is C17H15FN2O. The number of carbonyl (C=O) groups is 1. The molecule has 0 aliphatic carbocycles. The van der Waals surface area contributed by atoms with E-state index in [0.29, 0.717) is 6.42 Å². The number of nitrogens with zero attached hydrogens (tertiary/aromatic N) is 1. The molecule has 0 aliphatic rings. The third-order valence-corrected chi connectivity index (χ3v) is 3.50. The Balaban J connectivity index is 1.99. The zero-order valence-electron chi connectivity index (χ0n) is 11.6. The Morgan fingerprint density at radius 1 is 1.14 bits per heavy atom. The third kappa shape index (κ3) is 2.65. The molecule has 3 aromatic rings. The molecule has 0 saturated heterocycles. The van der Waals surface area contributed by atoms with E-state index >= 15 is 0 Å². The average Bonchev–Trinajstić information content (AvgIpc) is 2.91. The van der Waals surface area contributed by atoms with Crippen LogP contribution in [-0.2, 0) is 11.2 Å². The summed E-state index contributed by atoms with van der Waals surface area (Å²) in [4.78, 5) is 11.4. The molecule has 0 radical (unpaired) electrons. The van der Waals surface area contributed by atoms with Gasteiger partial charge in [-0.1, -0.05) is 6.07 Å². The van der Waals surface area contributed by atoms with Gasteiger partial charge < -0.3 is 9.88 Å². The van der Waals surface area contributed by atoms with E-state index in [0.717, 1.165) is 22.2 Å². The Morgan fingerprint density at radius 3 is 2.62 bits per heavy atom. The average molecular weight is 282 g/mol. The van der Waals surface area contributed by atoms with Crippen molar-refractivity contribution in [1.29, 1.82) is 0 Å². The van der Waals surface area contributed by atoms with Crippen molar-refractivity contribution in [3.8, 4) is 5.69 Å². The van der Waals surface area contributed by atoms with Gasteiger partial charge in [0.2, 0.25) is 5.91 Å². The number of benzene rings is 2.